The molecule has 1 aliphatic rings. The topological polar surface area (TPSA) is 92.0 Å². The van der Waals surface area contributed by atoms with E-state index >= 15 is 0 Å². The molecule has 2 rings (SSSR count). The zero-order valence-electron chi connectivity index (χ0n) is 17.7. The number of benzene rings is 1. The van der Waals surface area contributed by atoms with Gasteiger partial charge in [0.2, 0.25) is 0 Å². The quantitative estimate of drug-likeness (QED) is 0.192. The van der Waals surface area contributed by atoms with Crippen LogP contribution in [0.15, 0.2) is 29.3 Å². The van der Waals surface area contributed by atoms with E-state index in [2.05, 4.69) is 27.4 Å². The van der Waals surface area contributed by atoms with Crippen LogP contribution >= 0.6 is 24.0 Å². The largest absolute Gasteiger partial charge is 0.484 e. The summed E-state index contributed by atoms with van der Waals surface area (Å²) < 4.78 is 5.27. The van der Waals surface area contributed by atoms with Gasteiger partial charge < -0.3 is 26.0 Å². The van der Waals surface area contributed by atoms with Crippen molar-refractivity contribution in [2.75, 3.05) is 39.8 Å². The van der Waals surface area contributed by atoms with Crippen LogP contribution in [0.25, 0.3) is 0 Å². The zero-order valence-corrected chi connectivity index (χ0v) is 20.0. The molecule has 1 atom stereocenters. The van der Waals surface area contributed by atoms with Crippen molar-refractivity contribution in [2.24, 2.45) is 10.7 Å². The molecule has 0 bridgehead atoms. The molecule has 164 valence electrons. The minimum absolute atomic E-state index is 0. The molecule has 4 N–H and O–H groups in total. The van der Waals surface area contributed by atoms with E-state index in [0.29, 0.717) is 5.75 Å². The van der Waals surface area contributed by atoms with Crippen LogP contribution in [-0.4, -0.2) is 62.6 Å². The van der Waals surface area contributed by atoms with Gasteiger partial charge in [0.1, 0.15) is 5.75 Å². The van der Waals surface area contributed by atoms with Crippen LogP contribution in [0.3, 0.4) is 0 Å². The van der Waals surface area contributed by atoms with E-state index in [0.717, 1.165) is 44.5 Å². The Balaban J connectivity index is 0.00000420. The highest BCUT2D eigenvalue weighted by atomic mass is 127. The number of aliphatic imine (C=N–C) groups is 1. The number of guanidine groups is 1. The third-order valence-electron chi connectivity index (χ3n) is 5.09. The second-order valence-corrected chi connectivity index (χ2v) is 7.31. The molecule has 1 amide bonds. The number of carbonyl (C=O) groups excluding carboxylic acids is 1. The molecular formula is C21H36IN5O2. The van der Waals surface area contributed by atoms with E-state index in [1.54, 1.807) is 7.05 Å². The molecule has 1 fully saturated rings. The highest BCUT2D eigenvalue weighted by molar-refractivity contribution is 14.0. The van der Waals surface area contributed by atoms with Gasteiger partial charge in [0, 0.05) is 32.7 Å². The Labute approximate surface area is 191 Å². The van der Waals surface area contributed by atoms with Gasteiger partial charge in [0.25, 0.3) is 5.91 Å². The van der Waals surface area contributed by atoms with Crippen LogP contribution in [0.1, 0.15) is 38.2 Å². The van der Waals surface area contributed by atoms with E-state index < -0.39 is 5.91 Å². The molecule has 1 unspecified atom stereocenters. The first-order valence-corrected chi connectivity index (χ1v) is 10.3. The molecule has 1 aliphatic heterocycles. The Hall–Kier alpha value is -1.55. The number of halogens is 1. The van der Waals surface area contributed by atoms with Crippen molar-refractivity contribution in [3.63, 3.8) is 0 Å². The summed E-state index contributed by atoms with van der Waals surface area (Å²) in [6, 6.07) is 8.42. The maximum absolute atomic E-state index is 10.7. The summed E-state index contributed by atoms with van der Waals surface area (Å²) in [5, 5.41) is 6.75. The van der Waals surface area contributed by atoms with E-state index in [4.69, 9.17) is 10.5 Å². The molecular weight excluding hydrogens is 481 g/mol. The average molecular weight is 517 g/mol. The summed E-state index contributed by atoms with van der Waals surface area (Å²) in [5.41, 5.74) is 6.26. The SMILES string of the molecule is CN=C(NCCCN1CCCCC1C)NCCc1ccc(OCC(N)=O)cc1.I. The number of ether oxygens (including phenoxy) is 1. The lowest BCUT2D eigenvalue weighted by Crippen LogP contribution is -2.41. The molecule has 0 aromatic heterocycles. The summed E-state index contributed by atoms with van der Waals surface area (Å²) in [6.07, 6.45) is 6.03. The standard InChI is InChI=1S/C21H35N5O2.HI/c1-17-6-3-4-14-26(17)15-5-12-24-21(23-2)25-13-11-18-7-9-19(10-8-18)28-16-20(22)27;/h7-10,17H,3-6,11-16H2,1-2H3,(H2,22,27)(H2,23,24,25);1H. The molecule has 1 aromatic carbocycles. The Morgan fingerprint density at radius 2 is 1.97 bits per heavy atom. The number of nitrogens with two attached hydrogens (primary N) is 1. The number of hydrogen-bond acceptors (Lipinski definition) is 4. The fourth-order valence-electron chi connectivity index (χ4n) is 3.43. The van der Waals surface area contributed by atoms with Gasteiger partial charge in [0.05, 0.1) is 0 Å². The van der Waals surface area contributed by atoms with Crippen LogP contribution in [0.4, 0.5) is 0 Å². The van der Waals surface area contributed by atoms with Gasteiger partial charge in [-0.3, -0.25) is 9.79 Å². The lowest BCUT2D eigenvalue weighted by atomic mass is 10.0. The highest BCUT2D eigenvalue weighted by Gasteiger charge is 2.17. The number of nitrogens with zero attached hydrogens (tertiary/aromatic N) is 2. The molecule has 0 radical (unpaired) electrons. The number of hydrogen-bond donors (Lipinski definition) is 3. The predicted molar refractivity (Wildman–Crippen MR) is 129 cm³/mol. The molecule has 8 heteroatoms. The van der Waals surface area contributed by atoms with Crippen molar-refractivity contribution in [2.45, 2.75) is 45.1 Å². The van der Waals surface area contributed by atoms with E-state index in [9.17, 15) is 4.79 Å². The lowest BCUT2D eigenvalue weighted by molar-refractivity contribution is -0.119. The fourth-order valence-corrected chi connectivity index (χ4v) is 3.43. The zero-order chi connectivity index (χ0) is 20.2. The van der Waals surface area contributed by atoms with Crippen molar-refractivity contribution >= 4 is 35.8 Å². The summed E-state index contributed by atoms with van der Waals surface area (Å²) >= 11 is 0. The Kier molecular flexibility index (Phi) is 12.7. The highest BCUT2D eigenvalue weighted by Crippen LogP contribution is 2.16. The molecule has 0 saturated carbocycles. The predicted octanol–water partition coefficient (Wildman–Crippen LogP) is 2.14. The second kappa shape index (κ2) is 14.4. The van der Waals surface area contributed by atoms with Gasteiger partial charge in [-0.1, -0.05) is 18.6 Å². The van der Waals surface area contributed by atoms with Gasteiger partial charge in [-0.15, -0.1) is 24.0 Å². The second-order valence-electron chi connectivity index (χ2n) is 7.31. The van der Waals surface area contributed by atoms with E-state index in [-0.39, 0.29) is 30.6 Å². The van der Waals surface area contributed by atoms with Gasteiger partial charge >= 0.3 is 0 Å². The number of piperidine rings is 1. The van der Waals surface area contributed by atoms with E-state index in [1.807, 2.05) is 24.3 Å². The van der Waals surface area contributed by atoms with Gasteiger partial charge in [-0.2, -0.15) is 0 Å². The number of rotatable bonds is 10. The Morgan fingerprint density at radius 3 is 2.62 bits per heavy atom. The van der Waals surface area contributed by atoms with Crippen molar-refractivity contribution in [1.29, 1.82) is 0 Å². The number of amides is 1. The third kappa shape index (κ3) is 10.2. The maximum Gasteiger partial charge on any atom is 0.255 e. The molecule has 1 aromatic rings. The average Bonchev–Trinajstić information content (AvgIpc) is 2.70. The Morgan fingerprint density at radius 1 is 1.24 bits per heavy atom. The van der Waals surface area contributed by atoms with Crippen molar-refractivity contribution in [3.8, 4) is 5.75 Å². The number of nitrogens with one attached hydrogen (secondary N) is 2. The Bertz CT molecular complexity index is 624. The van der Waals surface area contributed by atoms with E-state index in [1.165, 1.54) is 31.4 Å². The minimum Gasteiger partial charge on any atom is -0.484 e. The smallest absolute Gasteiger partial charge is 0.255 e. The molecule has 29 heavy (non-hydrogen) atoms. The van der Waals surface area contributed by atoms with Crippen LogP contribution in [0.2, 0.25) is 0 Å². The minimum atomic E-state index is -0.474. The van der Waals surface area contributed by atoms with Crippen molar-refractivity contribution < 1.29 is 9.53 Å². The number of carbonyl (C=O) groups is 1. The van der Waals surface area contributed by atoms with Crippen molar-refractivity contribution in [1.82, 2.24) is 15.5 Å². The molecule has 1 heterocycles. The maximum atomic E-state index is 10.7. The van der Waals surface area contributed by atoms with Gasteiger partial charge in [0.15, 0.2) is 12.6 Å². The molecule has 0 spiro atoms. The summed E-state index contributed by atoms with van der Waals surface area (Å²) in [4.78, 5) is 17.6. The fraction of sp³-hybridized carbons (Fsp3) is 0.619. The van der Waals surface area contributed by atoms with Crippen LogP contribution < -0.4 is 21.1 Å². The normalized spacial score (nSPS) is 17.3. The number of likely N-dealkylation sites (tertiary alicyclic amines) is 1. The van der Waals surface area contributed by atoms with Gasteiger partial charge in [-0.25, -0.2) is 0 Å². The van der Waals surface area contributed by atoms with Gasteiger partial charge in [-0.05, 0) is 56.8 Å². The van der Waals surface area contributed by atoms with Crippen LogP contribution in [-0.2, 0) is 11.2 Å². The van der Waals surface area contributed by atoms with Crippen molar-refractivity contribution in [3.05, 3.63) is 29.8 Å². The monoisotopic (exact) mass is 517 g/mol. The first-order chi connectivity index (χ1) is 13.6. The van der Waals surface area contributed by atoms with Crippen LogP contribution in [0, 0.1) is 0 Å². The molecule has 1 saturated heterocycles. The molecule has 0 aliphatic carbocycles. The summed E-state index contributed by atoms with van der Waals surface area (Å²) in [5.74, 6) is 1.02. The van der Waals surface area contributed by atoms with Crippen LogP contribution in [0.5, 0.6) is 5.75 Å². The first kappa shape index (κ1) is 25.5. The summed E-state index contributed by atoms with van der Waals surface area (Å²) in [6.45, 7) is 6.35. The lowest BCUT2D eigenvalue weighted by Gasteiger charge is -2.33. The number of primary amides is 1. The molecule has 7 nitrogen and oxygen atoms in total. The third-order valence-corrected chi connectivity index (χ3v) is 5.09. The first-order valence-electron chi connectivity index (χ1n) is 10.3. The summed E-state index contributed by atoms with van der Waals surface area (Å²) in [7, 11) is 1.80.